The van der Waals surface area contributed by atoms with Gasteiger partial charge in [-0.3, -0.25) is 4.79 Å². The van der Waals surface area contributed by atoms with Gasteiger partial charge in [-0.05, 0) is 39.5 Å². The second-order valence-electron chi connectivity index (χ2n) is 6.33. The summed E-state index contributed by atoms with van der Waals surface area (Å²) in [6.07, 6.45) is 7.91. The fourth-order valence-electron chi connectivity index (χ4n) is 2.06. The molecule has 0 heterocycles. The molecule has 0 aliphatic rings. The quantitative estimate of drug-likeness (QED) is 0.236. The SMILES string of the molecule is CCCCCCCC(=O)SCCC[SiH](C)OCOCCN(C)C. The Morgan fingerprint density at radius 1 is 1.13 bits per heavy atom. The van der Waals surface area contributed by atoms with E-state index < -0.39 is 9.04 Å². The third-order valence-corrected chi connectivity index (χ3v) is 6.57. The van der Waals surface area contributed by atoms with Crippen LogP contribution in [0.25, 0.3) is 0 Å². The van der Waals surface area contributed by atoms with E-state index in [0.717, 1.165) is 44.2 Å². The largest absolute Gasteiger partial charge is 0.398 e. The van der Waals surface area contributed by atoms with Gasteiger partial charge >= 0.3 is 0 Å². The maximum Gasteiger partial charge on any atom is 0.188 e. The Bertz CT molecular complexity index is 281. The molecule has 4 nitrogen and oxygen atoms in total. The summed E-state index contributed by atoms with van der Waals surface area (Å²) < 4.78 is 11.2. The summed E-state index contributed by atoms with van der Waals surface area (Å²) in [4.78, 5) is 13.8. The van der Waals surface area contributed by atoms with Crippen LogP contribution < -0.4 is 0 Å². The number of nitrogens with zero attached hydrogens (tertiary/aromatic N) is 1. The topological polar surface area (TPSA) is 38.8 Å². The normalized spacial score (nSPS) is 12.7. The number of likely N-dealkylation sites (N-methyl/N-ethyl adjacent to an activating group) is 1. The van der Waals surface area contributed by atoms with Crippen molar-refractivity contribution in [3.05, 3.63) is 0 Å². The molecule has 0 spiro atoms. The molecule has 0 fully saturated rings. The second-order valence-corrected chi connectivity index (χ2v) is 10.0. The lowest BCUT2D eigenvalue weighted by Gasteiger charge is -2.13. The molecule has 0 bridgehead atoms. The molecule has 0 aromatic rings. The molecule has 138 valence electrons. The molecule has 23 heavy (non-hydrogen) atoms. The van der Waals surface area contributed by atoms with Crippen LogP contribution in [0.1, 0.15) is 51.9 Å². The summed E-state index contributed by atoms with van der Waals surface area (Å²) in [5, 5.41) is 0.365. The minimum absolute atomic E-state index is 0.365. The van der Waals surface area contributed by atoms with Crippen LogP contribution in [0.5, 0.6) is 0 Å². The number of carbonyl (C=O) groups excluding carboxylic acids is 1. The molecule has 6 heteroatoms. The van der Waals surface area contributed by atoms with E-state index in [1.165, 1.54) is 37.4 Å². The van der Waals surface area contributed by atoms with Crippen molar-refractivity contribution in [3.8, 4) is 0 Å². The minimum atomic E-state index is -1.13. The molecule has 0 aliphatic heterocycles. The number of hydrogen-bond donors (Lipinski definition) is 0. The molecule has 0 aromatic carbocycles. The third kappa shape index (κ3) is 18.3. The molecule has 0 saturated carbocycles. The van der Waals surface area contributed by atoms with Crippen molar-refractivity contribution >= 4 is 25.9 Å². The van der Waals surface area contributed by atoms with Gasteiger partial charge in [0, 0.05) is 18.7 Å². The highest BCUT2D eigenvalue weighted by Gasteiger charge is 2.07. The Balaban J connectivity index is 3.33. The molecule has 0 amide bonds. The van der Waals surface area contributed by atoms with Crippen molar-refractivity contribution in [1.29, 1.82) is 0 Å². The standard InChI is InChI=1S/C17H37NO3SSi/c1-5-6-7-8-9-11-17(19)22-14-10-15-23(4)21-16-20-13-12-18(2)3/h23H,5-16H2,1-4H3. The number of rotatable bonds is 16. The lowest BCUT2D eigenvalue weighted by molar-refractivity contribution is -0.111. The Morgan fingerprint density at radius 2 is 1.87 bits per heavy atom. The van der Waals surface area contributed by atoms with Gasteiger partial charge in [-0.2, -0.15) is 0 Å². The van der Waals surface area contributed by atoms with E-state index in [2.05, 4.69) is 18.4 Å². The highest BCUT2D eigenvalue weighted by Crippen LogP contribution is 2.14. The predicted molar refractivity (Wildman–Crippen MR) is 104 cm³/mol. The number of ether oxygens (including phenoxy) is 1. The summed E-state index contributed by atoms with van der Waals surface area (Å²) in [7, 11) is 2.94. The first-order valence-electron chi connectivity index (χ1n) is 9.06. The minimum Gasteiger partial charge on any atom is -0.398 e. The monoisotopic (exact) mass is 363 g/mol. The van der Waals surface area contributed by atoms with E-state index in [1.54, 1.807) is 0 Å². The third-order valence-electron chi connectivity index (χ3n) is 3.62. The van der Waals surface area contributed by atoms with Crippen LogP contribution in [-0.2, 0) is 14.0 Å². The number of carbonyl (C=O) groups is 1. The van der Waals surface area contributed by atoms with Gasteiger partial charge in [0.25, 0.3) is 0 Å². The Kier molecular flexibility index (Phi) is 17.0. The van der Waals surface area contributed by atoms with E-state index in [-0.39, 0.29) is 0 Å². The van der Waals surface area contributed by atoms with Crippen molar-refractivity contribution in [1.82, 2.24) is 4.90 Å². The zero-order valence-electron chi connectivity index (χ0n) is 15.6. The summed E-state index contributed by atoms with van der Waals surface area (Å²) >= 11 is 1.51. The zero-order chi connectivity index (χ0) is 17.3. The van der Waals surface area contributed by atoms with Crippen molar-refractivity contribution < 1.29 is 14.0 Å². The van der Waals surface area contributed by atoms with Crippen LogP contribution in [0, 0.1) is 0 Å². The Hall–Kier alpha value is 0.117. The molecule has 0 radical (unpaired) electrons. The molecule has 1 atom stereocenters. The van der Waals surface area contributed by atoms with Gasteiger partial charge < -0.3 is 14.1 Å². The molecule has 0 aliphatic carbocycles. The molecule has 1 unspecified atom stereocenters. The first kappa shape index (κ1) is 23.1. The maximum atomic E-state index is 11.7. The van der Waals surface area contributed by atoms with Gasteiger partial charge in [-0.25, -0.2) is 0 Å². The molecule has 0 aromatic heterocycles. The number of unbranched alkanes of at least 4 members (excludes halogenated alkanes) is 4. The van der Waals surface area contributed by atoms with Gasteiger partial charge in [0.15, 0.2) is 14.2 Å². The summed E-state index contributed by atoms with van der Waals surface area (Å²) in [6.45, 7) is 6.48. The average Bonchev–Trinajstić information content (AvgIpc) is 2.50. The molecule has 0 rings (SSSR count). The van der Waals surface area contributed by atoms with Crippen molar-refractivity contribution in [2.75, 3.05) is 39.8 Å². The average molecular weight is 364 g/mol. The Labute approximate surface area is 149 Å². The van der Waals surface area contributed by atoms with Crippen molar-refractivity contribution in [2.24, 2.45) is 0 Å². The van der Waals surface area contributed by atoms with Crippen LogP contribution in [0.3, 0.4) is 0 Å². The lowest BCUT2D eigenvalue weighted by Crippen LogP contribution is -2.21. The maximum absolute atomic E-state index is 11.7. The van der Waals surface area contributed by atoms with Gasteiger partial charge in [-0.15, -0.1) is 0 Å². The van der Waals surface area contributed by atoms with Crippen LogP contribution in [0.2, 0.25) is 12.6 Å². The van der Waals surface area contributed by atoms with E-state index in [1.807, 2.05) is 14.1 Å². The van der Waals surface area contributed by atoms with E-state index >= 15 is 0 Å². The van der Waals surface area contributed by atoms with Crippen LogP contribution in [-0.4, -0.2) is 58.8 Å². The van der Waals surface area contributed by atoms with E-state index in [0.29, 0.717) is 11.9 Å². The van der Waals surface area contributed by atoms with Crippen LogP contribution in [0.4, 0.5) is 0 Å². The summed E-state index contributed by atoms with van der Waals surface area (Å²) in [6, 6.07) is 1.12. The fourth-order valence-corrected chi connectivity index (χ4v) is 4.45. The molecule has 0 N–H and O–H groups in total. The van der Waals surface area contributed by atoms with E-state index in [4.69, 9.17) is 9.16 Å². The first-order chi connectivity index (χ1) is 11.1. The van der Waals surface area contributed by atoms with Crippen molar-refractivity contribution in [3.63, 3.8) is 0 Å². The van der Waals surface area contributed by atoms with Gasteiger partial charge in [0.2, 0.25) is 0 Å². The van der Waals surface area contributed by atoms with E-state index in [9.17, 15) is 4.79 Å². The number of thioether (sulfide) groups is 1. The molecular formula is C17H37NO3SSi. The Morgan fingerprint density at radius 3 is 2.57 bits per heavy atom. The number of hydrogen-bond acceptors (Lipinski definition) is 5. The predicted octanol–water partition coefficient (Wildman–Crippen LogP) is 3.90. The smallest absolute Gasteiger partial charge is 0.188 e. The second kappa shape index (κ2) is 17.0. The first-order valence-corrected chi connectivity index (χ1v) is 12.5. The molecular weight excluding hydrogens is 326 g/mol. The highest BCUT2D eigenvalue weighted by atomic mass is 32.2. The van der Waals surface area contributed by atoms with Crippen LogP contribution in [0.15, 0.2) is 0 Å². The van der Waals surface area contributed by atoms with Crippen molar-refractivity contribution in [2.45, 2.75) is 64.5 Å². The van der Waals surface area contributed by atoms with Gasteiger partial charge in [0.1, 0.15) is 6.79 Å². The highest BCUT2D eigenvalue weighted by molar-refractivity contribution is 8.13. The molecule has 0 saturated heterocycles. The van der Waals surface area contributed by atoms with Crippen LogP contribution >= 0.6 is 11.8 Å². The van der Waals surface area contributed by atoms with Gasteiger partial charge in [-0.1, -0.05) is 44.4 Å². The summed E-state index contributed by atoms with van der Waals surface area (Å²) in [5.41, 5.74) is 0. The fraction of sp³-hybridized carbons (Fsp3) is 0.941. The lowest BCUT2D eigenvalue weighted by atomic mass is 10.1. The van der Waals surface area contributed by atoms with Gasteiger partial charge in [0.05, 0.1) is 6.61 Å². The summed E-state index contributed by atoms with van der Waals surface area (Å²) in [5.74, 6) is 0.940. The zero-order valence-corrected chi connectivity index (χ0v) is 17.6.